The molecule has 2 aliphatic rings. The molecular formula is C11H9N5O4. The molecule has 2 aliphatic heterocycles. The zero-order valence-electron chi connectivity index (χ0n) is 10.1. The molecule has 102 valence electrons. The Kier molecular flexibility index (Phi) is 2.49. The van der Waals surface area contributed by atoms with Gasteiger partial charge in [-0.2, -0.15) is 0 Å². The number of piperidine rings is 1. The summed E-state index contributed by atoms with van der Waals surface area (Å²) in [5, 5.41) is 2.10. The Bertz CT molecular complexity index is 671. The van der Waals surface area contributed by atoms with E-state index in [1.165, 1.54) is 0 Å². The second-order valence-corrected chi connectivity index (χ2v) is 4.44. The van der Waals surface area contributed by atoms with Crippen molar-refractivity contribution in [2.45, 2.75) is 18.9 Å². The number of nitrogens with one attached hydrogen (secondary N) is 1. The summed E-state index contributed by atoms with van der Waals surface area (Å²) >= 11 is 0. The maximum Gasteiger partial charge on any atom is 0.282 e. The van der Waals surface area contributed by atoms with Gasteiger partial charge in [0, 0.05) is 6.42 Å². The van der Waals surface area contributed by atoms with Crippen molar-refractivity contribution in [1.29, 1.82) is 0 Å². The maximum absolute atomic E-state index is 12.2. The van der Waals surface area contributed by atoms with Crippen LogP contribution in [0.4, 0.5) is 5.82 Å². The van der Waals surface area contributed by atoms with E-state index in [-0.39, 0.29) is 30.0 Å². The van der Waals surface area contributed by atoms with E-state index >= 15 is 0 Å². The molecule has 1 unspecified atom stereocenters. The molecule has 0 aliphatic carbocycles. The SMILES string of the molecule is Nc1cnc2c(n1)C(=O)N(C1CCC(=O)NC1=O)C2=O. The average molecular weight is 275 g/mol. The second kappa shape index (κ2) is 4.08. The summed E-state index contributed by atoms with van der Waals surface area (Å²) in [5.41, 5.74) is 5.13. The molecule has 0 bridgehead atoms. The fourth-order valence-electron chi connectivity index (χ4n) is 2.24. The lowest BCUT2D eigenvalue weighted by molar-refractivity contribution is -0.136. The van der Waals surface area contributed by atoms with Gasteiger partial charge in [-0.1, -0.05) is 0 Å². The summed E-state index contributed by atoms with van der Waals surface area (Å²) in [7, 11) is 0. The van der Waals surface area contributed by atoms with Gasteiger partial charge in [0.05, 0.1) is 6.20 Å². The van der Waals surface area contributed by atoms with Crippen LogP contribution < -0.4 is 11.1 Å². The number of amides is 4. The van der Waals surface area contributed by atoms with Crippen molar-refractivity contribution >= 4 is 29.4 Å². The number of carbonyl (C=O) groups is 4. The third-order valence-electron chi connectivity index (χ3n) is 3.16. The van der Waals surface area contributed by atoms with Crippen LogP contribution in [0.15, 0.2) is 6.20 Å². The van der Waals surface area contributed by atoms with Gasteiger partial charge in [-0.15, -0.1) is 0 Å². The van der Waals surface area contributed by atoms with Crippen LogP contribution in [-0.4, -0.2) is 44.5 Å². The minimum atomic E-state index is -1.02. The zero-order valence-corrected chi connectivity index (χ0v) is 10.1. The van der Waals surface area contributed by atoms with Gasteiger partial charge in [-0.05, 0) is 6.42 Å². The number of nitrogens with zero attached hydrogens (tertiary/aromatic N) is 3. The van der Waals surface area contributed by atoms with Gasteiger partial charge in [-0.25, -0.2) is 9.97 Å². The standard InChI is InChI=1S/C11H9N5O4/c12-5-3-13-7-8(14-5)11(20)16(10(7)19)4-1-2-6(17)15-9(4)18/h3-4H,1-2H2,(H2,12,14)(H,15,17,18). The number of nitrogen functional groups attached to an aromatic ring is 1. The first-order valence-corrected chi connectivity index (χ1v) is 5.83. The molecule has 1 aromatic rings. The fourth-order valence-corrected chi connectivity index (χ4v) is 2.24. The van der Waals surface area contributed by atoms with E-state index in [0.29, 0.717) is 0 Å². The van der Waals surface area contributed by atoms with E-state index < -0.39 is 29.7 Å². The number of fused-ring (bicyclic) bond motifs is 1. The Labute approximate surface area is 112 Å². The Hall–Kier alpha value is -2.84. The predicted octanol–water partition coefficient (Wildman–Crippen LogP) is -1.54. The number of rotatable bonds is 1. The molecule has 3 rings (SSSR count). The van der Waals surface area contributed by atoms with E-state index in [9.17, 15) is 19.2 Å². The zero-order chi connectivity index (χ0) is 14.4. The van der Waals surface area contributed by atoms with Crippen LogP contribution in [0.2, 0.25) is 0 Å². The van der Waals surface area contributed by atoms with Crippen LogP contribution in [0.5, 0.6) is 0 Å². The summed E-state index contributed by atoms with van der Waals surface area (Å²) in [6.07, 6.45) is 1.32. The summed E-state index contributed by atoms with van der Waals surface area (Å²) in [4.78, 5) is 55.5. The van der Waals surface area contributed by atoms with Crippen molar-refractivity contribution in [3.63, 3.8) is 0 Å². The maximum atomic E-state index is 12.2. The van der Waals surface area contributed by atoms with E-state index in [1.807, 2.05) is 0 Å². The molecule has 1 saturated heterocycles. The first-order valence-electron chi connectivity index (χ1n) is 5.83. The van der Waals surface area contributed by atoms with Crippen molar-refractivity contribution < 1.29 is 19.2 Å². The number of anilines is 1. The smallest absolute Gasteiger partial charge is 0.282 e. The second-order valence-electron chi connectivity index (χ2n) is 4.44. The quantitative estimate of drug-likeness (QED) is 0.593. The number of aromatic nitrogens is 2. The van der Waals surface area contributed by atoms with Crippen molar-refractivity contribution in [2.75, 3.05) is 5.73 Å². The van der Waals surface area contributed by atoms with Crippen molar-refractivity contribution in [3.05, 3.63) is 17.6 Å². The van der Waals surface area contributed by atoms with E-state index in [2.05, 4.69) is 15.3 Å². The minimum absolute atomic E-state index is 0.00928. The van der Waals surface area contributed by atoms with Crippen LogP contribution in [0.25, 0.3) is 0 Å². The molecule has 1 atom stereocenters. The van der Waals surface area contributed by atoms with Crippen molar-refractivity contribution in [3.8, 4) is 0 Å². The lowest BCUT2D eigenvalue weighted by Crippen LogP contribution is -2.54. The van der Waals surface area contributed by atoms with Gasteiger partial charge in [0.1, 0.15) is 11.9 Å². The lowest BCUT2D eigenvalue weighted by Gasteiger charge is -2.27. The molecule has 4 amide bonds. The molecule has 9 heteroatoms. The molecule has 0 radical (unpaired) electrons. The molecule has 0 aromatic carbocycles. The molecule has 3 heterocycles. The summed E-state index contributed by atoms with van der Waals surface area (Å²) in [6, 6.07) is -1.02. The van der Waals surface area contributed by atoms with Crippen molar-refractivity contribution in [2.24, 2.45) is 0 Å². The highest BCUT2D eigenvalue weighted by Gasteiger charge is 2.46. The summed E-state index contributed by atoms with van der Waals surface area (Å²) in [6.45, 7) is 0. The van der Waals surface area contributed by atoms with E-state index in [4.69, 9.17) is 5.73 Å². The first-order chi connectivity index (χ1) is 9.49. The monoisotopic (exact) mass is 275 g/mol. The molecule has 1 fully saturated rings. The van der Waals surface area contributed by atoms with Gasteiger partial charge in [-0.3, -0.25) is 29.4 Å². The van der Waals surface area contributed by atoms with Crippen LogP contribution in [0, 0.1) is 0 Å². The highest BCUT2D eigenvalue weighted by Crippen LogP contribution is 2.25. The Balaban J connectivity index is 1.97. The Morgan fingerprint density at radius 1 is 1.20 bits per heavy atom. The highest BCUT2D eigenvalue weighted by molar-refractivity contribution is 6.21. The van der Waals surface area contributed by atoms with Gasteiger partial charge in [0.2, 0.25) is 11.8 Å². The number of carbonyl (C=O) groups excluding carboxylic acids is 4. The topological polar surface area (TPSA) is 135 Å². The van der Waals surface area contributed by atoms with Crippen molar-refractivity contribution in [1.82, 2.24) is 20.2 Å². The third kappa shape index (κ3) is 1.63. The molecule has 0 spiro atoms. The number of hydrogen-bond donors (Lipinski definition) is 2. The molecular weight excluding hydrogens is 266 g/mol. The minimum Gasteiger partial charge on any atom is -0.382 e. The van der Waals surface area contributed by atoms with Gasteiger partial charge in [0.15, 0.2) is 11.4 Å². The Morgan fingerprint density at radius 3 is 2.60 bits per heavy atom. The average Bonchev–Trinajstić information content (AvgIpc) is 2.63. The summed E-state index contributed by atoms with van der Waals surface area (Å²) < 4.78 is 0. The summed E-state index contributed by atoms with van der Waals surface area (Å²) in [5.74, 6) is -2.52. The van der Waals surface area contributed by atoms with Crippen LogP contribution in [0.1, 0.15) is 33.8 Å². The predicted molar refractivity (Wildman–Crippen MR) is 63.1 cm³/mol. The number of hydrogen-bond acceptors (Lipinski definition) is 7. The van der Waals surface area contributed by atoms with Crippen LogP contribution >= 0.6 is 0 Å². The van der Waals surface area contributed by atoms with Crippen LogP contribution in [-0.2, 0) is 9.59 Å². The molecule has 9 nitrogen and oxygen atoms in total. The molecule has 3 N–H and O–H groups in total. The van der Waals surface area contributed by atoms with Gasteiger partial charge < -0.3 is 5.73 Å². The first kappa shape index (κ1) is 12.2. The number of imide groups is 2. The van der Waals surface area contributed by atoms with E-state index in [1.54, 1.807) is 0 Å². The fraction of sp³-hybridized carbons (Fsp3) is 0.273. The van der Waals surface area contributed by atoms with Gasteiger partial charge in [0.25, 0.3) is 11.8 Å². The molecule has 1 aromatic heterocycles. The largest absolute Gasteiger partial charge is 0.382 e. The van der Waals surface area contributed by atoms with Gasteiger partial charge >= 0.3 is 0 Å². The van der Waals surface area contributed by atoms with Crippen LogP contribution in [0.3, 0.4) is 0 Å². The highest BCUT2D eigenvalue weighted by atomic mass is 16.2. The third-order valence-corrected chi connectivity index (χ3v) is 3.16. The normalized spacial score (nSPS) is 22.0. The van der Waals surface area contributed by atoms with E-state index in [0.717, 1.165) is 11.1 Å². The Morgan fingerprint density at radius 2 is 1.90 bits per heavy atom. The lowest BCUT2D eigenvalue weighted by atomic mass is 10.0. The number of nitrogens with two attached hydrogens (primary N) is 1. The molecule has 0 saturated carbocycles. The molecule has 20 heavy (non-hydrogen) atoms.